The van der Waals surface area contributed by atoms with E-state index in [0.29, 0.717) is 18.1 Å². The number of aromatic nitrogens is 1. The summed E-state index contributed by atoms with van der Waals surface area (Å²) >= 11 is 1.62. The fraction of sp³-hybridized carbons (Fsp3) is 0.0909. The Morgan fingerprint density at radius 3 is 2.36 bits per heavy atom. The standard InChI is InChI=1S/C22H18N2O3S/c1-24(16-7-3-2-4-8-16)22(25)27-18-13-11-17(12-14-18)26-15-21-23-19-9-5-6-10-20(19)28-21/h2-14H,15H2,1H3. The van der Waals surface area contributed by atoms with E-state index in [-0.39, 0.29) is 0 Å². The molecule has 1 aromatic heterocycles. The lowest BCUT2D eigenvalue weighted by molar-refractivity contribution is 0.209. The SMILES string of the molecule is CN(C(=O)Oc1ccc(OCc2nc3ccccc3s2)cc1)c1ccccc1. The van der Waals surface area contributed by atoms with Gasteiger partial charge in [-0.2, -0.15) is 0 Å². The Kier molecular flexibility index (Phi) is 5.21. The summed E-state index contributed by atoms with van der Waals surface area (Å²) in [6.45, 7) is 0.398. The van der Waals surface area contributed by atoms with E-state index in [1.54, 1.807) is 42.6 Å². The maximum atomic E-state index is 12.3. The summed E-state index contributed by atoms with van der Waals surface area (Å²) in [6.07, 6.45) is -0.450. The Morgan fingerprint density at radius 2 is 1.61 bits per heavy atom. The molecule has 0 saturated carbocycles. The first-order valence-corrected chi connectivity index (χ1v) is 9.58. The number of ether oxygens (including phenoxy) is 2. The second-order valence-corrected chi connectivity index (χ2v) is 7.21. The Balaban J connectivity index is 1.35. The average Bonchev–Trinajstić information content (AvgIpc) is 3.16. The summed E-state index contributed by atoms with van der Waals surface area (Å²) in [6, 6.07) is 24.3. The van der Waals surface area contributed by atoms with Gasteiger partial charge in [0.15, 0.2) is 0 Å². The summed E-state index contributed by atoms with van der Waals surface area (Å²) in [4.78, 5) is 18.3. The highest BCUT2D eigenvalue weighted by molar-refractivity contribution is 7.18. The average molecular weight is 390 g/mol. The Bertz CT molecular complexity index is 1040. The molecule has 0 unspecified atom stereocenters. The van der Waals surface area contributed by atoms with Crippen molar-refractivity contribution in [3.63, 3.8) is 0 Å². The number of rotatable bonds is 5. The molecule has 28 heavy (non-hydrogen) atoms. The van der Waals surface area contributed by atoms with Crippen LogP contribution in [0.25, 0.3) is 10.2 Å². The zero-order valence-corrected chi connectivity index (χ0v) is 16.1. The van der Waals surface area contributed by atoms with Crippen LogP contribution in [0.3, 0.4) is 0 Å². The van der Waals surface area contributed by atoms with Crippen molar-refractivity contribution in [2.75, 3.05) is 11.9 Å². The highest BCUT2D eigenvalue weighted by Crippen LogP contribution is 2.24. The number of hydrogen-bond acceptors (Lipinski definition) is 5. The van der Waals surface area contributed by atoms with Crippen LogP contribution < -0.4 is 14.4 Å². The molecule has 0 N–H and O–H groups in total. The number of thiazole rings is 1. The molecule has 3 aromatic carbocycles. The Hall–Kier alpha value is -3.38. The highest BCUT2D eigenvalue weighted by Gasteiger charge is 2.13. The molecule has 4 aromatic rings. The van der Waals surface area contributed by atoms with Crippen LogP contribution in [0.5, 0.6) is 11.5 Å². The first kappa shape index (κ1) is 18.0. The van der Waals surface area contributed by atoms with Gasteiger partial charge in [0.25, 0.3) is 0 Å². The minimum Gasteiger partial charge on any atom is -0.486 e. The summed E-state index contributed by atoms with van der Waals surface area (Å²) in [5, 5.41) is 0.918. The molecule has 4 rings (SSSR count). The highest BCUT2D eigenvalue weighted by atomic mass is 32.1. The van der Waals surface area contributed by atoms with Crippen LogP contribution in [-0.4, -0.2) is 18.1 Å². The van der Waals surface area contributed by atoms with E-state index in [0.717, 1.165) is 20.9 Å². The van der Waals surface area contributed by atoms with Gasteiger partial charge in [-0.15, -0.1) is 11.3 Å². The molecule has 5 nitrogen and oxygen atoms in total. The van der Waals surface area contributed by atoms with Gasteiger partial charge in [-0.05, 0) is 48.5 Å². The first-order valence-electron chi connectivity index (χ1n) is 8.77. The second kappa shape index (κ2) is 8.10. The van der Waals surface area contributed by atoms with Crippen LogP contribution in [0, 0.1) is 0 Å². The van der Waals surface area contributed by atoms with Crippen molar-refractivity contribution < 1.29 is 14.3 Å². The van der Waals surface area contributed by atoms with Gasteiger partial charge < -0.3 is 9.47 Å². The number of benzene rings is 3. The van der Waals surface area contributed by atoms with Crippen LogP contribution >= 0.6 is 11.3 Å². The van der Waals surface area contributed by atoms with E-state index in [4.69, 9.17) is 9.47 Å². The van der Waals surface area contributed by atoms with Crippen molar-refractivity contribution in [2.24, 2.45) is 0 Å². The number of para-hydroxylation sites is 2. The topological polar surface area (TPSA) is 51.7 Å². The zero-order chi connectivity index (χ0) is 19.3. The largest absolute Gasteiger partial charge is 0.486 e. The maximum absolute atomic E-state index is 12.3. The summed E-state index contributed by atoms with van der Waals surface area (Å²) in [5.74, 6) is 1.15. The van der Waals surface area contributed by atoms with E-state index in [9.17, 15) is 4.79 Å². The summed E-state index contributed by atoms with van der Waals surface area (Å²) < 4.78 is 12.3. The molecule has 140 valence electrons. The molecule has 0 atom stereocenters. The van der Waals surface area contributed by atoms with Crippen LogP contribution in [-0.2, 0) is 6.61 Å². The number of nitrogens with zero attached hydrogens (tertiary/aromatic N) is 2. The predicted octanol–water partition coefficient (Wildman–Crippen LogP) is 5.51. The molecule has 1 heterocycles. The van der Waals surface area contributed by atoms with Crippen molar-refractivity contribution in [3.8, 4) is 11.5 Å². The van der Waals surface area contributed by atoms with Gasteiger partial charge in [-0.25, -0.2) is 9.78 Å². The van der Waals surface area contributed by atoms with Gasteiger partial charge in [0.2, 0.25) is 0 Å². The summed E-state index contributed by atoms with van der Waals surface area (Å²) in [5.41, 5.74) is 1.75. The first-order chi connectivity index (χ1) is 13.7. The molecular formula is C22H18N2O3S. The Labute approximate surface area is 166 Å². The van der Waals surface area contributed by atoms with E-state index < -0.39 is 6.09 Å². The Morgan fingerprint density at radius 1 is 0.929 bits per heavy atom. The summed E-state index contributed by atoms with van der Waals surface area (Å²) in [7, 11) is 1.67. The third-order valence-electron chi connectivity index (χ3n) is 4.15. The number of carbonyl (C=O) groups is 1. The fourth-order valence-electron chi connectivity index (χ4n) is 2.66. The van der Waals surface area contributed by atoms with Gasteiger partial charge in [0.1, 0.15) is 23.1 Å². The molecule has 0 aliphatic carbocycles. The lowest BCUT2D eigenvalue weighted by Gasteiger charge is -2.16. The zero-order valence-electron chi connectivity index (χ0n) is 15.2. The fourth-order valence-corrected chi connectivity index (χ4v) is 3.54. The van der Waals surface area contributed by atoms with Crippen LogP contribution in [0.15, 0.2) is 78.9 Å². The normalized spacial score (nSPS) is 10.6. The molecule has 6 heteroatoms. The van der Waals surface area contributed by atoms with Gasteiger partial charge in [0.05, 0.1) is 10.2 Å². The van der Waals surface area contributed by atoms with Crippen molar-refractivity contribution >= 4 is 33.3 Å². The number of fused-ring (bicyclic) bond motifs is 1. The minimum absolute atomic E-state index is 0.398. The van der Waals surface area contributed by atoms with Crippen molar-refractivity contribution in [1.29, 1.82) is 0 Å². The second-order valence-electron chi connectivity index (χ2n) is 6.10. The molecular weight excluding hydrogens is 372 g/mol. The number of amides is 1. The van der Waals surface area contributed by atoms with Crippen molar-refractivity contribution in [2.45, 2.75) is 6.61 Å². The van der Waals surface area contributed by atoms with E-state index in [1.165, 1.54) is 4.90 Å². The van der Waals surface area contributed by atoms with Gasteiger partial charge >= 0.3 is 6.09 Å². The molecule has 0 aliphatic heterocycles. The lowest BCUT2D eigenvalue weighted by atomic mass is 10.3. The molecule has 0 aliphatic rings. The predicted molar refractivity (Wildman–Crippen MR) is 111 cm³/mol. The van der Waals surface area contributed by atoms with Gasteiger partial charge in [-0.1, -0.05) is 30.3 Å². The lowest BCUT2D eigenvalue weighted by Crippen LogP contribution is -2.29. The molecule has 0 spiro atoms. The third kappa shape index (κ3) is 4.13. The maximum Gasteiger partial charge on any atom is 0.419 e. The number of hydrogen-bond donors (Lipinski definition) is 0. The van der Waals surface area contributed by atoms with E-state index in [1.807, 2.05) is 54.6 Å². The molecule has 0 radical (unpaired) electrons. The third-order valence-corrected chi connectivity index (χ3v) is 5.16. The molecule has 0 saturated heterocycles. The number of anilines is 1. The number of carbonyl (C=O) groups excluding carboxylic acids is 1. The van der Waals surface area contributed by atoms with Crippen molar-refractivity contribution in [1.82, 2.24) is 4.98 Å². The van der Waals surface area contributed by atoms with E-state index in [2.05, 4.69) is 4.98 Å². The van der Waals surface area contributed by atoms with Crippen LogP contribution in [0.1, 0.15) is 5.01 Å². The van der Waals surface area contributed by atoms with Crippen molar-refractivity contribution in [3.05, 3.63) is 83.9 Å². The quantitative estimate of drug-likeness (QED) is 0.451. The van der Waals surface area contributed by atoms with Crippen LogP contribution in [0.2, 0.25) is 0 Å². The smallest absolute Gasteiger partial charge is 0.419 e. The molecule has 0 bridgehead atoms. The van der Waals surface area contributed by atoms with E-state index >= 15 is 0 Å². The van der Waals surface area contributed by atoms with Gasteiger partial charge in [0, 0.05) is 12.7 Å². The van der Waals surface area contributed by atoms with Crippen LogP contribution in [0.4, 0.5) is 10.5 Å². The molecule has 1 amide bonds. The monoisotopic (exact) mass is 390 g/mol. The minimum atomic E-state index is -0.450. The molecule has 0 fully saturated rings. The van der Waals surface area contributed by atoms with Gasteiger partial charge in [-0.3, -0.25) is 4.90 Å².